The molecular weight excluding hydrogens is 276 g/mol. The van der Waals surface area contributed by atoms with Gasteiger partial charge in [0.15, 0.2) is 5.78 Å². The molecule has 3 fully saturated rings. The highest BCUT2D eigenvalue weighted by atomic mass is 16.6. The normalized spacial score (nSPS) is 47.0. The fraction of sp³-hybridized carbons (Fsp3) is 0.684. The van der Waals surface area contributed by atoms with Crippen molar-refractivity contribution in [1.29, 1.82) is 0 Å². The number of hydrogen-bond donors (Lipinski definition) is 0. The third kappa shape index (κ3) is 1.87. The third-order valence-corrected chi connectivity index (χ3v) is 6.90. The Hall–Kier alpha value is -1.38. The molecule has 3 aliphatic carbocycles. The van der Waals surface area contributed by atoms with E-state index in [9.17, 15) is 9.59 Å². The molecule has 3 heteroatoms. The first kappa shape index (κ1) is 14.2. The van der Waals surface area contributed by atoms with Crippen molar-refractivity contribution < 1.29 is 14.3 Å². The lowest BCUT2D eigenvalue weighted by Gasteiger charge is -2.58. The number of ether oxygens (including phenoxy) is 1. The van der Waals surface area contributed by atoms with Crippen LogP contribution in [0, 0.1) is 23.2 Å². The minimum atomic E-state index is -0.262. The van der Waals surface area contributed by atoms with Gasteiger partial charge in [-0.25, -0.2) is 0 Å². The van der Waals surface area contributed by atoms with E-state index in [1.165, 1.54) is 5.57 Å². The van der Waals surface area contributed by atoms with Crippen molar-refractivity contribution in [3.05, 3.63) is 23.8 Å². The van der Waals surface area contributed by atoms with Gasteiger partial charge in [-0.05, 0) is 63.0 Å². The fourth-order valence-electron chi connectivity index (χ4n) is 5.72. The second kappa shape index (κ2) is 4.56. The van der Waals surface area contributed by atoms with Gasteiger partial charge < -0.3 is 4.74 Å². The molecule has 2 saturated carbocycles. The Morgan fingerprint density at radius 2 is 1.91 bits per heavy atom. The van der Waals surface area contributed by atoms with Gasteiger partial charge in [0, 0.05) is 17.8 Å². The topological polar surface area (TPSA) is 43.4 Å². The molecule has 1 heterocycles. The molecule has 5 atom stereocenters. The summed E-state index contributed by atoms with van der Waals surface area (Å²) < 4.78 is 5.79. The van der Waals surface area contributed by atoms with Crippen molar-refractivity contribution in [2.24, 2.45) is 23.2 Å². The highest BCUT2D eigenvalue weighted by Gasteiger charge is 2.56. The summed E-state index contributed by atoms with van der Waals surface area (Å²) in [5.41, 5.74) is 1.08. The average Bonchev–Trinajstić information content (AvgIpc) is 2.46. The molecule has 3 nitrogen and oxygen atoms in total. The van der Waals surface area contributed by atoms with Gasteiger partial charge in [0.25, 0.3) is 0 Å². The van der Waals surface area contributed by atoms with Gasteiger partial charge in [0.1, 0.15) is 5.60 Å². The molecule has 0 bridgehead atoms. The molecular formula is C19H24O3. The largest absolute Gasteiger partial charge is 0.459 e. The van der Waals surface area contributed by atoms with Gasteiger partial charge in [-0.1, -0.05) is 18.6 Å². The molecule has 4 rings (SSSR count). The van der Waals surface area contributed by atoms with E-state index >= 15 is 0 Å². The van der Waals surface area contributed by atoms with Crippen molar-refractivity contribution in [2.75, 3.05) is 0 Å². The first-order chi connectivity index (χ1) is 10.4. The number of esters is 1. The molecule has 1 saturated heterocycles. The van der Waals surface area contributed by atoms with Crippen LogP contribution in [0.5, 0.6) is 0 Å². The second-order valence-electron chi connectivity index (χ2n) is 7.97. The molecule has 0 spiro atoms. The highest BCUT2D eigenvalue weighted by Crippen LogP contribution is 2.60. The lowest BCUT2D eigenvalue weighted by atomic mass is 9.49. The molecule has 4 aliphatic rings. The van der Waals surface area contributed by atoms with Gasteiger partial charge in [-0.3, -0.25) is 9.59 Å². The number of hydrogen-bond acceptors (Lipinski definition) is 3. The van der Waals surface area contributed by atoms with Crippen molar-refractivity contribution in [2.45, 2.75) is 58.0 Å². The van der Waals surface area contributed by atoms with Gasteiger partial charge >= 0.3 is 5.97 Å². The number of rotatable bonds is 0. The van der Waals surface area contributed by atoms with Crippen LogP contribution >= 0.6 is 0 Å². The van der Waals surface area contributed by atoms with Gasteiger partial charge in [-0.2, -0.15) is 0 Å². The molecule has 0 amide bonds. The van der Waals surface area contributed by atoms with E-state index in [1.807, 2.05) is 6.08 Å². The van der Waals surface area contributed by atoms with Gasteiger partial charge in [0.2, 0.25) is 0 Å². The summed E-state index contributed by atoms with van der Waals surface area (Å²) in [4.78, 5) is 23.4. The van der Waals surface area contributed by atoms with E-state index in [1.54, 1.807) is 6.08 Å². The molecule has 1 aliphatic heterocycles. The SMILES string of the molecule is C[C@@]12CC[C@@H]3[C@H](CCC4=CC(=O)C=C[C@]43C)[C@@H]1CCC(=O)O2. The average molecular weight is 300 g/mol. The van der Waals surface area contributed by atoms with Crippen LogP contribution < -0.4 is 0 Å². The van der Waals surface area contributed by atoms with E-state index in [0.717, 1.165) is 32.1 Å². The Labute approximate surface area is 131 Å². The Morgan fingerprint density at radius 1 is 1.09 bits per heavy atom. The summed E-state index contributed by atoms with van der Waals surface area (Å²) in [6.07, 6.45) is 11.5. The van der Waals surface area contributed by atoms with Crippen LogP contribution in [0.1, 0.15) is 52.4 Å². The van der Waals surface area contributed by atoms with Crippen molar-refractivity contribution in [3.63, 3.8) is 0 Å². The number of carbonyl (C=O) groups excluding carboxylic acids is 2. The standard InChI is InChI=1S/C19H24O3/c1-18-9-7-13(20)11-12(18)3-4-14-15(18)8-10-19(2)16(14)5-6-17(21)22-19/h7,9,11,14-16H,3-6,8,10H2,1-2H3/t14-,15+,16-,18+,19+/m0/s1. The summed E-state index contributed by atoms with van der Waals surface area (Å²) in [5, 5.41) is 0. The minimum absolute atomic E-state index is 0.0250. The van der Waals surface area contributed by atoms with Gasteiger partial charge in [0.05, 0.1) is 0 Å². The van der Waals surface area contributed by atoms with Crippen LogP contribution in [0.4, 0.5) is 0 Å². The summed E-state index contributed by atoms with van der Waals surface area (Å²) >= 11 is 0. The van der Waals surface area contributed by atoms with Crippen LogP contribution in [0.25, 0.3) is 0 Å². The number of ketones is 1. The fourth-order valence-corrected chi connectivity index (χ4v) is 5.72. The van der Waals surface area contributed by atoms with Crippen LogP contribution in [-0.4, -0.2) is 17.4 Å². The van der Waals surface area contributed by atoms with Crippen molar-refractivity contribution in [1.82, 2.24) is 0 Å². The molecule has 0 aromatic rings. The van der Waals surface area contributed by atoms with Crippen molar-refractivity contribution >= 4 is 11.8 Å². The minimum Gasteiger partial charge on any atom is -0.459 e. The monoisotopic (exact) mass is 300 g/mol. The van der Waals surface area contributed by atoms with Crippen LogP contribution in [-0.2, 0) is 14.3 Å². The summed E-state index contributed by atoms with van der Waals surface area (Å²) in [6.45, 7) is 4.44. The van der Waals surface area contributed by atoms with E-state index < -0.39 is 0 Å². The summed E-state index contributed by atoms with van der Waals surface area (Å²) in [5.74, 6) is 1.77. The number of carbonyl (C=O) groups is 2. The molecule has 22 heavy (non-hydrogen) atoms. The van der Waals surface area contributed by atoms with E-state index in [4.69, 9.17) is 4.74 Å². The Kier molecular flexibility index (Phi) is 2.95. The lowest BCUT2D eigenvalue weighted by molar-refractivity contribution is -0.192. The summed E-state index contributed by atoms with van der Waals surface area (Å²) in [6, 6.07) is 0. The van der Waals surface area contributed by atoms with E-state index in [0.29, 0.717) is 24.2 Å². The second-order valence-corrected chi connectivity index (χ2v) is 7.97. The Balaban J connectivity index is 1.68. The zero-order chi connectivity index (χ0) is 15.5. The Morgan fingerprint density at radius 3 is 2.73 bits per heavy atom. The maximum Gasteiger partial charge on any atom is 0.306 e. The zero-order valence-electron chi connectivity index (χ0n) is 13.4. The maximum atomic E-state index is 11.7. The summed E-state index contributed by atoms with van der Waals surface area (Å²) in [7, 11) is 0. The van der Waals surface area contributed by atoms with Crippen LogP contribution in [0.2, 0.25) is 0 Å². The predicted molar refractivity (Wildman–Crippen MR) is 83.0 cm³/mol. The Bertz CT molecular complexity index is 602. The van der Waals surface area contributed by atoms with Crippen LogP contribution in [0.15, 0.2) is 23.8 Å². The first-order valence-corrected chi connectivity index (χ1v) is 8.58. The quantitative estimate of drug-likeness (QED) is 0.642. The molecule has 0 N–H and O–H groups in total. The highest BCUT2D eigenvalue weighted by molar-refractivity contribution is 6.01. The van der Waals surface area contributed by atoms with E-state index in [2.05, 4.69) is 19.9 Å². The van der Waals surface area contributed by atoms with E-state index in [-0.39, 0.29) is 22.8 Å². The first-order valence-electron chi connectivity index (χ1n) is 8.58. The molecule has 0 aromatic heterocycles. The molecule has 118 valence electrons. The zero-order valence-corrected chi connectivity index (χ0v) is 13.4. The lowest BCUT2D eigenvalue weighted by Crippen LogP contribution is -2.56. The number of fused-ring (bicyclic) bond motifs is 5. The van der Waals surface area contributed by atoms with Crippen molar-refractivity contribution in [3.8, 4) is 0 Å². The molecule has 0 unspecified atom stereocenters. The van der Waals surface area contributed by atoms with Gasteiger partial charge in [-0.15, -0.1) is 0 Å². The maximum absolute atomic E-state index is 11.7. The molecule has 0 radical (unpaired) electrons. The predicted octanol–water partition coefficient (Wildman–Crippen LogP) is 3.59. The smallest absolute Gasteiger partial charge is 0.306 e. The molecule has 0 aromatic carbocycles. The third-order valence-electron chi connectivity index (χ3n) is 6.90. The van der Waals surface area contributed by atoms with Crippen LogP contribution in [0.3, 0.4) is 0 Å². The number of allylic oxidation sites excluding steroid dienone is 4.